The van der Waals surface area contributed by atoms with Crippen LogP contribution >= 0.6 is 0 Å². The maximum Gasteiger partial charge on any atom is 0.251 e. The summed E-state index contributed by atoms with van der Waals surface area (Å²) in [5, 5.41) is 3.08. The Kier molecular flexibility index (Phi) is 17.0. The van der Waals surface area contributed by atoms with Crippen LogP contribution in [0.2, 0.25) is 0 Å². The van der Waals surface area contributed by atoms with Gasteiger partial charge in [0.05, 0.1) is 11.0 Å². The van der Waals surface area contributed by atoms with Crippen molar-refractivity contribution in [2.45, 2.75) is 149 Å². The second-order valence-electron chi connectivity index (χ2n) is 12.4. The molecule has 0 unspecified atom stereocenters. The summed E-state index contributed by atoms with van der Waals surface area (Å²) in [5.74, 6) is 1.26. The number of benzene rings is 2. The van der Waals surface area contributed by atoms with Gasteiger partial charge in [0.1, 0.15) is 5.82 Å². The lowest BCUT2D eigenvalue weighted by atomic mass is 10.0. The summed E-state index contributed by atoms with van der Waals surface area (Å²) in [7, 11) is 0. The Morgan fingerprint density at radius 1 is 0.667 bits per heavy atom. The smallest absolute Gasteiger partial charge is 0.251 e. The highest BCUT2D eigenvalue weighted by Crippen LogP contribution is 2.20. The molecule has 1 heterocycles. The van der Waals surface area contributed by atoms with Crippen LogP contribution in [0.25, 0.3) is 11.0 Å². The number of para-hydroxylation sites is 2. The first-order valence-corrected chi connectivity index (χ1v) is 17.5. The molecule has 0 saturated heterocycles. The highest BCUT2D eigenvalue weighted by atomic mass is 16.1. The van der Waals surface area contributed by atoms with Crippen molar-refractivity contribution in [3.63, 3.8) is 0 Å². The summed E-state index contributed by atoms with van der Waals surface area (Å²) in [6.07, 6.45) is 26.6. The first-order chi connectivity index (χ1) is 20.7. The van der Waals surface area contributed by atoms with Crippen LogP contribution < -0.4 is 5.32 Å². The van der Waals surface area contributed by atoms with Crippen LogP contribution in [-0.4, -0.2) is 22.0 Å². The molecule has 0 aliphatic carbocycles. The van der Waals surface area contributed by atoms with Crippen LogP contribution in [-0.2, 0) is 13.0 Å². The fourth-order valence-corrected chi connectivity index (χ4v) is 6.09. The van der Waals surface area contributed by atoms with Gasteiger partial charge in [-0.25, -0.2) is 4.98 Å². The predicted molar refractivity (Wildman–Crippen MR) is 180 cm³/mol. The van der Waals surface area contributed by atoms with Gasteiger partial charge < -0.3 is 9.88 Å². The molecule has 42 heavy (non-hydrogen) atoms. The van der Waals surface area contributed by atoms with Gasteiger partial charge in [-0.2, -0.15) is 0 Å². The predicted octanol–water partition coefficient (Wildman–Crippen LogP) is 10.7. The van der Waals surface area contributed by atoms with Gasteiger partial charge in [0.15, 0.2) is 0 Å². The van der Waals surface area contributed by atoms with Crippen molar-refractivity contribution >= 4 is 16.9 Å². The molecular formula is C38H59N3O. The van der Waals surface area contributed by atoms with E-state index in [1.165, 1.54) is 114 Å². The molecule has 0 fully saturated rings. The normalized spacial score (nSPS) is 11.4. The molecule has 2 aromatic carbocycles. The molecule has 4 heteroatoms. The van der Waals surface area contributed by atoms with Gasteiger partial charge in [-0.3, -0.25) is 4.79 Å². The minimum atomic E-state index is 0.0358. The highest BCUT2D eigenvalue weighted by molar-refractivity contribution is 5.95. The van der Waals surface area contributed by atoms with Gasteiger partial charge in [0.2, 0.25) is 0 Å². The zero-order chi connectivity index (χ0) is 29.7. The molecule has 3 rings (SSSR count). The van der Waals surface area contributed by atoms with Gasteiger partial charge in [0, 0.05) is 25.1 Å². The summed E-state index contributed by atoms with van der Waals surface area (Å²) >= 11 is 0. The molecule has 232 valence electrons. The van der Waals surface area contributed by atoms with Crippen molar-refractivity contribution < 1.29 is 4.79 Å². The molecule has 0 aliphatic heterocycles. The number of aromatic nitrogens is 2. The Hall–Kier alpha value is -2.62. The molecule has 3 aromatic rings. The zero-order valence-electron chi connectivity index (χ0n) is 27.0. The van der Waals surface area contributed by atoms with Crippen molar-refractivity contribution in [1.29, 1.82) is 0 Å². The average Bonchev–Trinajstić information content (AvgIpc) is 3.36. The van der Waals surface area contributed by atoms with Crippen molar-refractivity contribution in [2.75, 3.05) is 6.54 Å². The standard InChI is InChI=1S/C38H59N3O/c1-3-4-5-6-7-8-9-10-11-12-13-14-15-16-17-25-32-41-36-29-23-22-28-35(36)40-37(41)30-19-18-24-31-39-38(42)34-27-21-20-26-33(34)2/h20-23,26-29H,3-19,24-25,30-32H2,1-2H3,(H,39,42). The van der Waals surface area contributed by atoms with Crippen LogP contribution in [0.3, 0.4) is 0 Å². The molecule has 4 nitrogen and oxygen atoms in total. The molecule has 1 amide bonds. The van der Waals surface area contributed by atoms with E-state index >= 15 is 0 Å². The number of unbranched alkanes of at least 4 members (excludes halogenated alkanes) is 17. The van der Waals surface area contributed by atoms with Gasteiger partial charge >= 0.3 is 0 Å². The van der Waals surface area contributed by atoms with E-state index in [2.05, 4.69) is 41.1 Å². The number of nitrogens with one attached hydrogen (secondary N) is 1. The molecule has 0 radical (unpaired) electrons. The summed E-state index contributed by atoms with van der Waals surface area (Å²) in [5.41, 5.74) is 4.20. The monoisotopic (exact) mass is 573 g/mol. The number of fused-ring (bicyclic) bond motifs is 1. The van der Waals surface area contributed by atoms with Crippen LogP contribution in [0.1, 0.15) is 151 Å². The third-order valence-electron chi connectivity index (χ3n) is 8.72. The molecule has 0 spiro atoms. The van der Waals surface area contributed by atoms with Gasteiger partial charge in [-0.15, -0.1) is 0 Å². The summed E-state index contributed by atoms with van der Waals surface area (Å²) in [6, 6.07) is 16.4. The largest absolute Gasteiger partial charge is 0.352 e. The van der Waals surface area contributed by atoms with Gasteiger partial charge in [0.25, 0.3) is 5.91 Å². The molecule has 1 N–H and O–H groups in total. The number of carbonyl (C=O) groups excluding carboxylic acids is 1. The summed E-state index contributed by atoms with van der Waals surface area (Å²) in [6.45, 7) is 6.08. The second-order valence-corrected chi connectivity index (χ2v) is 12.4. The van der Waals surface area contributed by atoms with E-state index < -0.39 is 0 Å². The number of rotatable bonds is 24. The maximum atomic E-state index is 12.4. The maximum absolute atomic E-state index is 12.4. The van der Waals surface area contributed by atoms with E-state index in [0.29, 0.717) is 0 Å². The molecule has 0 saturated carbocycles. The Morgan fingerprint density at radius 3 is 1.86 bits per heavy atom. The lowest BCUT2D eigenvalue weighted by Gasteiger charge is -2.10. The number of imidazole rings is 1. The van der Waals surface area contributed by atoms with Crippen LogP contribution in [0.5, 0.6) is 0 Å². The van der Waals surface area contributed by atoms with E-state index in [-0.39, 0.29) is 5.91 Å². The van der Waals surface area contributed by atoms with E-state index in [1.807, 2.05) is 31.2 Å². The van der Waals surface area contributed by atoms with Crippen molar-refractivity contribution in [1.82, 2.24) is 14.9 Å². The van der Waals surface area contributed by atoms with E-state index in [9.17, 15) is 4.79 Å². The minimum absolute atomic E-state index is 0.0358. The topological polar surface area (TPSA) is 46.9 Å². The molecule has 0 bridgehead atoms. The number of aryl methyl sites for hydroxylation is 3. The van der Waals surface area contributed by atoms with Crippen LogP contribution in [0.4, 0.5) is 0 Å². The first-order valence-electron chi connectivity index (χ1n) is 17.5. The Bertz CT molecular complexity index is 1130. The quantitative estimate of drug-likeness (QED) is 0.108. The van der Waals surface area contributed by atoms with Crippen molar-refractivity contribution in [3.8, 4) is 0 Å². The number of carbonyl (C=O) groups is 1. The molecule has 0 aliphatic rings. The Labute approximate surface area is 257 Å². The van der Waals surface area contributed by atoms with Crippen LogP contribution in [0.15, 0.2) is 48.5 Å². The van der Waals surface area contributed by atoms with E-state index in [0.717, 1.165) is 55.4 Å². The van der Waals surface area contributed by atoms with Crippen LogP contribution in [0, 0.1) is 6.92 Å². The minimum Gasteiger partial charge on any atom is -0.352 e. The summed E-state index contributed by atoms with van der Waals surface area (Å²) in [4.78, 5) is 17.4. The number of amides is 1. The number of hydrogen-bond acceptors (Lipinski definition) is 2. The third-order valence-corrected chi connectivity index (χ3v) is 8.72. The lowest BCUT2D eigenvalue weighted by Crippen LogP contribution is -2.25. The summed E-state index contributed by atoms with van der Waals surface area (Å²) < 4.78 is 2.47. The zero-order valence-corrected chi connectivity index (χ0v) is 27.0. The van der Waals surface area contributed by atoms with Crippen molar-refractivity contribution in [2.24, 2.45) is 0 Å². The number of nitrogens with zero attached hydrogens (tertiary/aromatic N) is 2. The Balaban J connectivity index is 1.25. The van der Waals surface area contributed by atoms with Gasteiger partial charge in [-0.1, -0.05) is 140 Å². The fraction of sp³-hybridized carbons (Fsp3) is 0.632. The third kappa shape index (κ3) is 12.7. The number of hydrogen-bond donors (Lipinski definition) is 1. The SMILES string of the molecule is CCCCCCCCCCCCCCCCCCn1c(CCCCCNC(=O)c2ccccc2C)nc2ccccc21. The highest BCUT2D eigenvalue weighted by Gasteiger charge is 2.11. The molecule has 0 atom stereocenters. The second kappa shape index (κ2) is 21.1. The van der Waals surface area contributed by atoms with E-state index in [1.54, 1.807) is 0 Å². The first kappa shape index (κ1) is 33.9. The molecule has 1 aromatic heterocycles. The lowest BCUT2D eigenvalue weighted by molar-refractivity contribution is 0.0952. The average molecular weight is 574 g/mol. The van der Waals surface area contributed by atoms with Gasteiger partial charge in [-0.05, 0) is 49.9 Å². The fourth-order valence-electron chi connectivity index (χ4n) is 6.09. The van der Waals surface area contributed by atoms with Crippen molar-refractivity contribution in [3.05, 3.63) is 65.5 Å². The Morgan fingerprint density at radius 2 is 1.21 bits per heavy atom. The van der Waals surface area contributed by atoms with E-state index in [4.69, 9.17) is 4.98 Å². The molecular weight excluding hydrogens is 514 g/mol.